The van der Waals surface area contributed by atoms with Crippen molar-refractivity contribution in [1.29, 1.82) is 0 Å². The molecule has 6 N–H and O–H groups in total. The monoisotopic (exact) mass is 220 g/mol. The third kappa shape index (κ3) is 10.1. The summed E-state index contributed by atoms with van der Waals surface area (Å²) >= 11 is 0. The molecule has 92 valence electrons. The van der Waals surface area contributed by atoms with Crippen molar-refractivity contribution in [3.05, 3.63) is 0 Å². The van der Waals surface area contributed by atoms with Crippen molar-refractivity contribution in [2.45, 2.75) is 37.8 Å². The molecule has 0 aromatic heterocycles. The van der Waals surface area contributed by atoms with Crippen LogP contribution in [0.5, 0.6) is 0 Å². The predicted molar refractivity (Wildman–Crippen MR) is 59.4 cm³/mol. The van der Waals surface area contributed by atoms with Crippen LogP contribution in [0.2, 0.25) is 0 Å². The fraction of sp³-hybridized carbons (Fsp3) is 1.00. The van der Waals surface area contributed by atoms with E-state index in [1.807, 2.05) is 0 Å². The minimum absolute atomic E-state index is 0.0149. The third-order valence-electron chi connectivity index (χ3n) is 2.27. The summed E-state index contributed by atoms with van der Waals surface area (Å²) < 4.78 is 5.34. The smallest absolute Gasteiger partial charge is 0.0480 e. The van der Waals surface area contributed by atoms with Crippen molar-refractivity contribution in [3.63, 3.8) is 0 Å². The maximum atomic E-state index is 8.61. The summed E-state index contributed by atoms with van der Waals surface area (Å²) in [5, 5.41) is 17.2. The molecule has 2 atom stereocenters. The van der Waals surface area contributed by atoms with Gasteiger partial charge in [0.2, 0.25) is 0 Å². The maximum absolute atomic E-state index is 8.61. The highest BCUT2D eigenvalue weighted by molar-refractivity contribution is 4.61. The topological polar surface area (TPSA) is 102 Å². The third-order valence-corrected chi connectivity index (χ3v) is 2.27. The van der Waals surface area contributed by atoms with E-state index in [1.54, 1.807) is 0 Å². The summed E-state index contributed by atoms with van der Waals surface area (Å²) in [7, 11) is 0. The molecule has 0 spiro atoms. The average molecular weight is 220 g/mol. The molecule has 15 heavy (non-hydrogen) atoms. The molecule has 0 aliphatic rings. The Bertz CT molecular complexity index is 122. The fourth-order valence-electron chi connectivity index (χ4n) is 1.19. The molecule has 0 heterocycles. The van der Waals surface area contributed by atoms with Crippen LogP contribution in [0, 0.1) is 0 Å². The SMILES string of the molecule is NC(CCO)CCOCCC(N)CCO. The van der Waals surface area contributed by atoms with Gasteiger partial charge in [0.1, 0.15) is 0 Å². The zero-order chi connectivity index (χ0) is 11.5. The number of hydrogen-bond acceptors (Lipinski definition) is 5. The van der Waals surface area contributed by atoms with Gasteiger partial charge in [0, 0.05) is 38.5 Å². The summed E-state index contributed by atoms with van der Waals surface area (Å²) in [4.78, 5) is 0. The van der Waals surface area contributed by atoms with E-state index in [0.29, 0.717) is 26.1 Å². The van der Waals surface area contributed by atoms with E-state index in [-0.39, 0.29) is 25.3 Å². The van der Waals surface area contributed by atoms with Gasteiger partial charge in [0.25, 0.3) is 0 Å². The Labute approximate surface area is 91.4 Å². The first-order valence-corrected chi connectivity index (χ1v) is 5.51. The van der Waals surface area contributed by atoms with Crippen LogP contribution >= 0.6 is 0 Å². The lowest BCUT2D eigenvalue weighted by atomic mass is 10.1. The van der Waals surface area contributed by atoms with Gasteiger partial charge in [0.05, 0.1) is 0 Å². The van der Waals surface area contributed by atoms with Gasteiger partial charge >= 0.3 is 0 Å². The van der Waals surface area contributed by atoms with E-state index in [0.717, 1.165) is 12.8 Å². The number of hydrogen-bond donors (Lipinski definition) is 4. The summed E-state index contributed by atoms with van der Waals surface area (Å²) in [5.41, 5.74) is 11.4. The summed E-state index contributed by atoms with van der Waals surface area (Å²) in [6, 6.07) is 0.0298. The Balaban J connectivity index is 3.17. The second-order valence-corrected chi connectivity index (χ2v) is 3.73. The molecule has 0 rings (SSSR count). The molecule has 0 radical (unpaired) electrons. The van der Waals surface area contributed by atoms with E-state index in [4.69, 9.17) is 26.4 Å². The van der Waals surface area contributed by atoms with E-state index in [1.165, 1.54) is 0 Å². The van der Waals surface area contributed by atoms with Crippen LogP contribution in [0.25, 0.3) is 0 Å². The van der Waals surface area contributed by atoms with E-state index in [2.05, 4.69) is 0 Å². The van der Waals surface area contributed by atoms with Crippen molar-refractivity contribution >= 4 is 0 Å². The largest absolute Gasteiger partial charge is 0.396 e. The van der Waals surface area contributed by atoms with Crippen LogP contribution < -0.4 is 11.5 Å². The highest BCUT2D eigenvalue weighted by Gasteiger charge is 2.03. The van der Waals surface area contributed by atoms with Crippen molar-refractivity contribution in [2.24, 2.45) is 11.5 Å². The van der Waals surface area contributed by atoms with Crippen LogP contribution in [-0.2, 0) is 4.74 Å². The van der Waals surface area contributed by atoms with Crippen LogP contribution in [0.15, 0.2) is 0 Å². The molecule has 0 aromatic carbocycles. The van der Waals surface area contributed by atoms with Gasteiger partial charge in [-0.05, 0) is 25.7 Å². The van der Waals surface area contributed by atoms with Crippen molar-refractivity contribution < 1.29 is 14.9 Å². The first-order valence-electron chi connectivity index (χ1n) is 5.51. The van der Waals surface area contributed by atoms with Gasteiger partial charge in [-0.2, -0.15) is 0 Å². The first kappa shape index (κ1) is 14.8. The standard InChI is InChI=1S/C10H24N2O3/c11-9(1-5-13)3-7-15-8-4-10(12)2-6-14/h9-10,13-14H,1-8,11-12H2. The van der Waals surface area contributed by atoms with Crippen molar-refractivity contribution in [2.75, 3.05) is 26.4 Å². The zero-order valence-corrected chi connectivity index (χ0v) is 9.27. The van der Waals surface area contributed by atoms with Gasteiger partial charge in [-0.25, -0.2) is 0 Å². The molecule has 0 aromatic rings. The molecule has 2 unspecified atom stereocenters. The number of rotatable bonds is 10. The molecule has 0 bridgehead atoms. The predicted octanol–water partition coefficient (Wildman–Crippen LogP) is -0.797. The maximum Gasteiger partial charge on any atom is 0.0480 e. The number of ether oxygens (including phenoxy) is 1. The summed E-state index contributed by atoms with van der Waals surface area (Å²) in [6.07, 6.45) is 2.76. The quantitative estimate of drug-likeness (QED) is 0.361. The molecule has 0 aliphatic heterocycles. The van der Waals surface area contributed by atoms with Crippen LogP contribution in [0.4, 0.5) is 0 Å². The fourth-order valence-corrected chi connectivity index (χ4v) is 1.19. The highest BCUT2D eigenvalue weighted by atomic mass is 16.5. The van der Waals surface area contributed by atoms with Gasteiger partial charge < -0.3 is 26.4 Å². The van der Waals surface area contributed by atoms with Crippen molar-refractivity contribution in [3.8, 4) is 0 Å². The highest BCUT2D eigenvalue weighted by Crippen LogP contribution is 1.97. The van der Waals surface area contributed by atoms with Crippen LogP contribution in [0.1, 0.15) is 25.7 Å². The first-order chi connectivity index (χ1) is 7.20. The Kier molecular flexibility index (Phi) is 10.2. The normalized spacial score (nSPS) is 15.2. The van der Waals surface area contributed by atoms with E-state index in [9.17, 15) is 0 Å². The summed E-state index contributed by atoms with van der Waals surface area (Å²) in [5.74, 6) is 0. The molecule has 0 aliphatic carbocycles. The Hall–Kier alpha value is -0.200. The van der Waals surface area contributed by atoms with Crippen LogP contribution in [-0.4, -0.2) is 48.7 Å². The van der Waals surface area contributed by atoms with Crippen molar-refractivity contribution in [1.82, 2.24) is 0 Å². The Morgan fingerprint density at radius 2 is 1.20 bits per heavy atom. The number of aliphatic hydroxyl groups is 2. The molecule has 5 nitrogen and oxygen atoms in total. The molecular formula is C10H24N2O3. The molecular weight excluding hydrogens is 196 g/mol. The van der Waals surface area contributed by atoms with Gasteiger partial charge in [-0.15, -0.1) is 0 Å². The van der Waals surface area contributed by atoms with E-state index >= 15 is 0 Å². The summed E-state index contributed by atoms with van der Waals surface area (Å²) in [6.45, 7) is 1.46. The molecule has 0 saturated carbocycles. The minimum atomic E-state index is 0.0149. The van der Waals surface area contributed by atoms with Gasteiger partial charge in [-0.1, -0.05) is 0 Å². The minimum Gasteiger partial charge on any atom is -0.396 e. The van der Waals surface area contributed by atoms with Gasteiger partial charge in [0.15, 0.2) is 0 Å². The second-order valence-electron chi connectivity index (χ2n) is 3.73. The second kappa shape index (κ2) is 10.3. The molecule has 0 fully saturated rings. The van der Waals surface area contributed by atoms with Gasteiger partial charge in [-0.3, -0.25) is 0 Å². The molecule has 5 heteroatoms. The number of nitrogens with two attached hydrogens (primary N) is 2. The Morgan fingerprint density at radius 1 is 0.800 bits per heavy atom. The molecule has 0 saturated heterocycles. The van der Waals surface area contributed by atoms with E-state index < -0.39 is 0 Å². The lowest BCUT2D eigenvalue weighted by Gasteiger charge is -2.12. The lowest BCUT2D eigenvalue weighted by Crippen LogP contribution is -2.25. The van der Waals surface area contributed by atoms with Crippen LogP contribution in [0.3, 0.4) is 0 Å². The Morgan fingerprint density at radius 3 is 1.53 bits per heavy atom. The molecule has 0 amide bonds. The average Bonchev–Trinajstić information content (AvgIpc) is 2.18. The number of aliphatic hydroxyl groups excluding tert-OH is 2. The lowest BCUT2D eigenvalue weighted by molar-refractivity contribution is 0.115. The zero-order valence-electron chi connectivity index (χ0n) is 9.27.